The third kappa shape index (κ3) is 3.74. The quantitative estimate of drug-likeness (QED) is 0.772. The lowest BCUT2D eigenvalue weighted by molar-refractivity contribution is -0.141. The van der Waals surface area contributed by atoms with Crippen molar-refractivity contribution < 1.29 is 17.9 Å². The van der Waals surface area contributed by atoms with Crippen molar-refractivity contribution in [2.45, 2.75) is 24.8 Å². The van der Waals surface area contributed by atoms with Crippen LogP contribution in [-0.2, 0) is 26.2 Å². The second kappa shape index (κ2) is 7.11. The number of ether oxygens (including phenoxy) is 1. The minimum absolute atomic E-state index is 0.0801. The fourth-order valence-electron chi connectivity index (χ4n) is 2.61. The normalized spacial score (nSPS) is 14.3. The first kappa shape index (κ1) is 17.2. The zero-order valence-electron chi connectivity index (χ0n) is 13.9. The molecule has 0 unspecified atom stereocenters. The third-order valence-corrected chi connectivity index (χ3v) is 5.80. The molecule has 5 nitrogen and oxygen atoms in total. The first-order valence-corrected chi connectivity index (χ1v) is 9.43. The highest BCUT2D eigenvalue weighted by Gasteiger charge is 2.33. The topological polar surface area (TPSA) is 63.7 Å². The van der Waals surface area contributed by atoms with Gasteiger partial charge in [0.2, 0.25) is 0 Å². The Balaban J connectivity index is 1.75. The summed E-state index contributed by atoms with van der Waals surface area (Å²) in [5.74, 6) is -0.628. The summed E-state index contributed by atoms with van der Waals surface area (Å²) in [6.07, 6.45) is 2.10. The number of esters is 1. The molecule has 0 amide bonds. The van der Waals surface area contributed by atoms with Crippen LogP contribution in [0.5, 0.6) is 0 Å². The van der Waals surface area contributed by atoms with Crippen LogP contribution in [-0.4, -0.2) is 25.2 Å². The van der Waals surface area contributed by atoms with Crippen LogP contribution in [0.2, 0.25) is 0 Å². The van der Waals surface area contributed by atoms with E-state index < -0.39 is 16.0 Å². The van der Waals surface area contributed by atoms with Crippen LogP contribution in [0.3, 0.4) is 0 Å². The van der Waals surface area contributed by atoms with Gasteiger partial charge >= 0.3 is 5.97 Å². The molecular weight excluding hydrogens is 338 g/mol. The summed E-state index contributed by atoms with van der Waals surface area (Å²) >= 11 is 0. The highest BCUT2D eigenvalue weighted by molar-refractivity contribution is 7.89. The molecule has 0 aromatic heterocycles. The number of benzene rings is 2. The number of rotatable bonds is 5. The number of carbonyl (C=O) groups excluding carboxylic acids is 1. The Kier molecular flexibility index (Phi) is 4.90. The summed E-state index contributed by atoms with van der Waals surface area (Å²) < 4.78 is 32.0. The van der Waals surface area contributed by atoms with E-state index in [0.717, 1.165) is 15.4 Å². The summed E-state index contributed by atoms with van der Waals surface area (Å²) in [4.78, 5) is 12.5. The molecule has 0 saturated carbocycles. The molecule has 130 valence electrons. The minimum atomic E-state index is -3.77. The lowest BCUT2D eigenvalue weighted by Crippen LogP contribution is -2.32. The molecule has 0 bridgehead atoms. The number of nitrogens with zero attached hydrogens (tertiary/aromatic N) is 1. The molecule has 0 saturated heterocycles. The Morgan fingerprint density at radius 3 is 2.44 bits per heavy atom. The van der Waals surface area contributed by atoms with Crippen LogP contribution in [0.25, 0.3) is 0 Å². The van der Waals surface area contributed by atoms with Crippen LogP contribution in [0.15, 0.2) is 71.3 Å². The smallest absolute Gasteiger partial charge is 0.355 e. The molecule has 1 aliphatic rings. The molecule has 3 rings (SSSR count). The van der Waals surface area contributed by atoms with E-state index in [1.54, 1.807) is 30.3 Å². The average molecular weight is 357 g/mol. The third-order valence-electron chi connectivity index (χ3n) is 3.97. The van der Waals surface area contributed by atoms with E-state index in [1.165, 1.54) is 0 Å². The molecule has 0 fully saturated rings. The van der Waals surface area contributed by atoms with E-state index in [-0.39, 0.29) is 23.7 Å². The zero-order chi connectivity index (χ0) is 17.9. The zero-order valence-corrected chi connectivity index (χ0v) is 14.7. The molecule has 6 heteroatoms. The fourth-order valence-corrected chi connectivity index (χ4v) is 4.10. The Morgan fingerprint density at radius 1 is 1.08 bits per heavy atom. The van der Waals surface area contributed by atoms with Gasteiger partial charge in [0.15, 0.2) is 0 Å². The van der Waals surface area contributed by atoms with Crippen LogP contribution >= 0.6 is 0 Å². The van der Waals surface area contributed by atoms with Gasteiger partial charge in [0.25, 0.3) is 10.0 Å². The first-order valence-electron chi connectivity index (χ1n) is 7.99. The summed E-state index contributed by atoms with van der Waals surface area (Å²) in [6, 6.07) is 15.8. The van der Waals surface area contributed by atoms with E-state index in [2.05, 4.69) is 0 Å². The van der Waals surface area contributed by atoms with E-state index >= 15 is 0 Å². The first-order chi connectivity index (χ1) is 12.0. The van der Waals surface area contributed by atoms with Gasteiger partial charge < -0.3 is 4.74 Å². The maximum atomic E-state index is 12.8. The molecule has 0 N–H and O–H groups in total. The molecule has 0 radical (unpaired) electrons. The summed E-state index contributed by atoms with van der Waals surface area (Å²) in [7, 11) is -3.77. The molecule has 2 aromatic carbocycles. The van der Waals surface area contributed by atoms with Gasteiger partial charge in [0.05, 0.1) is 4.90 Å². The van der Waals surface area contributed by atoms with Crippen LogP contribution in [0, 0.1) is 6.92 Å². The largest absolute Gasteiger partial charge is 0.456 e. The highest BCUT2D eigenvalue weighted by atomic mass is 32.2. The lowest BCUT2D eigenvalue weighted by Gasteiger charge is -2.21. The second-order valence-corrected chi connectivity index (χ2v) is 7.69. The van der Waals surface area contributed by atoms with Crippen molar-refractivity contribution in [3.8, 4) is 0 Å². The van der Waals surface area contributed by atoms with Gasteiger partial charge in [-0.3, -0.25) is 4.31 Å². The Labute approximate surface area is 147 Å². The van der Waals surface area contributed by atoms with Crippen molar-refractivity contribution in [3.05, 3.63) is 77.5 Å². The Bertz CT molecular complexity index is 887. The van der Waals surface area contributed by atoms with Gasteiger partial charge in [-0.05, 0) is 31.0 Å². The van der Waals surface area contributed by atoms with Crippen molar-refractivity contribution in [3.63, 3.8) is 0 Å². The van der Waals surface area contributed by atoms with Gasteiger partial charge in [0.1, 0.15) is 12.3 Å². The number of hydrogen-bond donors (Lipinski definition) is 0. The van der Waals surface area contributed by atoms with Crippen molar-refractivity contribution in [1.82, 2.24) is 4.31 Å². The molecule has 0 aliphatic carbocycles. The molecule has 1 aliphatic heterocycles. The Morgan fingerprint density at radius 2 is 1.76 bits per heavy atom. The fraction of sp³-hybridized carbons (Fsp3) is 0.211. The van der Waals surface area contributed by atoms with Gasteiger partial charge in [-0.2, -0.15) is 0 Å². The number of hydrogen-bond acceptors (Lipinski definition) is 4. The van der Waals surface area contributed by atoms with Crippen LogP contribution in [0.4, 0.5) is 0 Å². The molecular formula is C19H19NO4S. The molecule has 0 atom stereocenters. The van der Waals surface area contributed by atoms with E-state index in [0.29, 0.717) is 6.42 Å². The van der Waals surface area contributed by atoms with E-state index in [9.17, 15) is 13.2 Å². The second-order valence-electron chi connectivity index (χ2n) is 5.83. The van der Waals surface area contributed by atoms with Crippen LogP contribution < -0.4 is 0 Å². The monoisotopic (exact) mass is 357 g/mol. The predicted octanol–water partition coefficient (Wildman–Crippen LogP) is 3.02. The SMILES string of the molecule is Cc1ccc(S(=O)(=O)N2CCC=C2C(=O)OCc2ccccc2)cc1. The summed E-state index contributed by atoms with van der Waals surface area (Å²) in [5.41, 5.74) is 1.90. The lowest BCUT2D eigenvalue weighted by atomic mass is 10.2. The van der Waals surface area contributed by atoms with E-state index in [4.69, 9.17) is 4.74 Å². The van der Waals surface area contributed by atoms with Gasteiger partial charge in [0, 0.05) is 6.54 Å². The molecule has 1 heterocycles. The predicted molar refractivity (Wildman–Crippen MR) is 94.0 cm³/mol. The standard InChI is InChI=1S/C19H19NO4S/c1-15-9-11-17(12-10-15)25(22,23)20-13-5-8-18(20)19(21)24-14-16-6-3-2-4-7-16/h2-4,6-12H,5,13-14H2,1H3. The Hall–Kier alpha value is -2.60. The van der Waals surface area contributed by atoms with Crippen molar-refractivity contribution in [2.75, 3.05) is 6.54 Å². The van der Waals surface area contributed by atoms with Gasteiger partial charge in [-0.15, -0.1) is 0 Å². The maximum absolute atomic E-state index is 12.8. The summed E-state index contributed by atoms with van der Waals surface area (Å²) in [5, 5.41) is 0. The van der Waals surface area contributed by atoms with Crippen molar-refractivity contribution in [1.29, 1.82) is 0 Å². The molecule has 25 heavy (non-hydrogen) atoms. The molecule has 0 spiro atoms. The summed E-state index contributed by atoms with van der Waals surface area (Å²) in [6.45, 7) is 2.24. The number of carbonyl (C=O) groups is 1. The molecule has 2 aromatic rings. The van der Waals surface area contributed by atoms with Crippen molar-refractivity contribution in [2.24, 2.45) is 0 Å². The van der Waals surface area contributed by atoms with Gasteiger partial charge in [-0.25, -0.2) is 13.2 Å². The number of sulfonamides is 1. The van der Waals surface area contributed by atoms with Crippen molar-refractivity contribution >= 4 is 16.0 Å². The maximum Gasteiger partial charge on any atom is 0.355 e. The highest BCUT2D eigenvalue weighted by Crippen LogP contribution is 2.26. The average Bonchev–Trinajstić information content (AvgIpc) is 3.12. The number of aryl methyl sites for hydroxylation is 1. The van der Waals surface area contributed by atoms with Crippen LogP contribution in [0.1, 0.15) is 17.5 Å². The van der Waals surface area contributed by atoms with E-state index in [1.807, 2.05) is 37.3 Å². The minimum Gasteiger partial charge on any atom is -0.456 e. The van der Waals surface area contributed by atoms with Gasteiger partial charge in [-0.1, -0.05) is 54.1 Å².